The summed E-state index contributed by atoms with van der Waals surface area (Å²) >= 11 is 5.12. The minimum Gasteiger partial charge on any atom is -0.395 e. The lowest BCUT2D eigenvalue weighted by Crippen LogP contribution is -2.48. The van der Waals surface area contributed by atoms with Crippen molar-refractivity contribution in [2.75, 3.05) is 17.3 Å². The molecule has 3 unspecified atom stereocenters. The van der Waals surface area contributed by atoms with Gasteiger partial charge in [-0.1, -0.05) is 22.4 Å². The minimum absolute atomic E-state index is 0.0815. The number of halogens is 7. The zero-order chi connectivity index (χ0) is 29.5. The number of thioether (sulfide) groups is 1. The Hall–Kier alpha value is -2.36. The summed E-state index contributed by atoms with van der Waals surface area (Å²) in [6.45, 7) is 2.57. The van der Waals surface area contributed by atoms with Crippen LogP contribution >= 0.6 is 27.7 Å². The highest BCUT2D eigenvalue weighted by molar-refractivity contribution is 9.09. The molecule has 8 nitrogen and oxygen atoms in total. The van der Waals surface area contributed by atoms with Gasteiger partial charge in [-0.05, 0) is 39.0 Å². The maximum absolute atomic E-state index is 13.2. The summed E-state index contributed by atoms with van der Waals surface area (Å²) in [7, 11) is 0. The van der Waals surface area contributed by atoms with Gasteiger partial charge in [0.15, 0.2) is 0 Å². The highest BCUT2D eigenvalue weighted by atomic mass is 79.9. The summed E-state index contributed by atoms with van der Waals surface area (Å²) in [5.74, 6) is -1.43. The van der Waals surface area contributed by atoms with E-state index >= 15 is 0 Å². The second-order valence-corrected chi connectivity index (χ2v) is 11.1. The van der Waals surface area contributed by atoms with Crippen molar-refractivity contribution in [1.82, 2.24) is 15.3 Å². The molecule has 218 valence electrons. The van der Waals surface area contributed by atoms with E-state index < -0.39 is 48.0 Å². The van der Waals surface area contributed by atoms with Crippen molar-refractivity contribution in [2.24, 2.45) is 22.6 Å². The largest absolute Gasteiger partial charge is 0.432 e. The van der Waals surface area contributed by atoms with Crippen LogP contribution in [0.5, 0.6) is 0 Å². The summed E-state index contributed by atoms with van der Waals surface area (Å²) in [6.07, 6.45) is -5.63. The number of carbonyl (C=O) groups excluding carboxylic acids is 2. The summed E-state index contributed by atoms with van der Waals surface area (Å²) < 4.78 is 77.1. The van der Waals surface area contributed by atoms with E-state index in [0.717, 1.165) is 12.8 Å². The molecular formula is C23H29BrF6N6O2S. The quantitative estimate of drug-likeness (QED) is 0.203. The fourth-order valence-electron chi connectivity index (χ4n) is 3.96. The van der Waals surface area contributed by atoms with E-state index in [1.165, 1.54) is 13.1 Å². The number of aromatic nitrogens is 2. The van der Waals surface area contributed by atoms with Crippen LogP contribution in [-0.2, 0) is 16.1 Å². The number of alkyl halides is 7. The first-order valence-corrected chi connectivity index (χ1v) is 14.1. The molecule has 1 aliphatic rings. The lowest BCUT2D eigenvalue weighted by Gasteiger charge is -2.34. The maximum Gasteiger partial charge on any atom is 0.432 e. The first kappa shape index (κ1) is 32.8. The predicted octanol–water partition coefficient (Wildman–Crippen LogP) is 4.68. The molecule has 1 aliphatic carbocycles. The molecule has 1 aromatic rings. The van der Waals surface area contributed by atoms with E-state index in [2.05, 4.69) is 41.5 Å². The molecule has 4 N–H and O–H groups in total. The second kappa shape index (κ2) is 13.8. The monoisotopic (exact) mass is 646 g/mol. The maximum atomic E-state index is 13.2. The van der Waals surface area contributed by atoms with Gasteiger partial charge in [0.2, 0.25) is 11.8 Å². The van der Waals surface area contributed by atoms with Crippen LogP contribution in [0, 0.1) is 18.8 Å². The summed E-state index contributed by atoms with van der Waals surface area (Å²) in [4.78, 5) is 37.0. The fraction of sp³-hybridized carbons (Fsp3) is 0.609. The molecule has 16 heteroatoms. The molecular weight excluding hydrogens is 618 g/mol. The highest BCUT2D eigenvalue weighted by Gasteiger charge is 2.42. The zero-order valence-electron chi connectivity index (χ0n) is 21.3. The SMILES string of the molecule is CSC[C@H](C)NC(=O)C1C(Br)CCCC1C(=O)Nc1cnc(CN=C(C=C(N)C(F)(F)F)C(F)(F)F)nc1C. The van der Waals surface area contributed by atoms with Crippen molar-refractivity contribution in [3.05, 3.63) is 29.5 Å². The Morgan fingerprint density at radius 1 is 1.23 bits per heavy atom. The van der Waals surface area contributed by atoms with Crippen LogP contribution in [0.1, 0.15) is 37.7 Å². The molecule has 0 saturated heterocycles. The number of aliphatic imine (C=N–C) groups is 1. The molecule has 39 heavy (non-hydrogen) atoms. The van der Waals surface area contributed by atoms with Crippen molar-refractivity contribution in [3.8, 4) is 0 Å². The average molecular weight is 647 g/mol. The number of nitrogens with one attached hydrogen (secondary N) is 2. The van der Waals surface area contributed by atoms with Crippen LogP contribution in [0.4, 0.5) is 32.0 Å². The first-order chi connectivity index (χ1) is 18.0. The van der Waals surface area contributed by atoms with Gasteiger partial charge in [0, 0.05) is 16.6 Å². The lowest BCUT2D eigenvalue weighted by molar-refractivity contribution is -0.134. The van der Waals surface area contributed by atoms with Gasteiger partial charge in [0.25, 0.3) is 0 Å². The van der Waals surface area contributed by atoms with Gasteiger partial charge in [-0.3, -0.25) is 14.6 Å². The van der Waals surface area contributed by atoms with Gasteiger partial charge in [-0.25, -0.2) is 9.97 Å². The average Bonchev–Trinajstić information content (AvgIpc) is 2.81. The Morgan fingerprint density at radius 2 is 1.90 bits per heavy atom. The van der Waals surface area contributed by atoms with Crippen LogP contribution in [0.25, 0.3) is 0 Å². The fourth-order valence-corrected chi connectivity index (χ4v) is 5.47. The summed E-state index contributed by atoms with van der Waals surface area (Å²) in [6, 6.07) is -0.0815. The zero-order valence-corrected chi connectivity index (χ0v) is 23.7. The van der Waals surface area contributed by atoms with Crippen molar-refractivity contribution in [1.29, 1.82) is 0 Å². The number of hydrogen-bond donors (Lipinski definition) is 3. The highest BCUT2D eigenvalue weighted by Crippen LogP contribution is 2.36. The van der Waals surface area contributed by atoms with E-state index in [1.807, 2.05) is 13.2 Å². The number of anilines is 1. The van der Waals surface area contributed by atoms with E-state index in [4.69, 9.17) is 5.73 Å². The standard InChI is InChI=1S/C23H29BrF6N6O2S/c1-11(10-39-3)34-21(38)19-13(5-4-6-14(19)24)20(37)36-15-8-33-18(35-12(15)2)9-32-17(23(28,29)30)7-16(31)22(25,26)27/h7-8,11,13-14,19H,4-6,9-10,31H2,1-3H3,(H,34,38)(H,36,37)/t11-,13?,14?,19?/m0/s1. The molecule has 0 radical (unpaired) electrons. The third-order valence-corrected chi connectivity index (χ3v) is 7.71. The van der Waals surface area contributed by atoms with Gasteiger partial charge in [0.05, 0.1) is 36.0 Å². The Morgan fingerprint density at radius 3 is 2.46 bits per heavy atom. The van der Waals surface area contributed by atoms with Crippen LogP contribution in [0.15, 0.2) is 23.0 Å². The second-order valence-electron chi connectivity index (χ2n) is 9.02. The van der Waals surface area contributed by atoms with Crippen LogP contribution < -0.4 is 16.4 Å². The molecule has 0 bridgehead atoms. The van der Waals surface area contributed by atoms with E-state index in [9.17, 15) is 35.9 Å². The van der Waals surface area contributed by atoms with Crippen LogP contribution in [0.3, 0.4) is 0 Å². The predicted molar refractivity (Wildman–Crippen MR) is 140 cm³/mol. The summed E-state index contributed by atoms with van der Waals surface area (Å²) in [5.41, 5.74) is 1.28. The van der Waals surface area contributed by atoms with Gasteiger partial charge in [-0.15, -0.1) is 0 Å². The number of amides is 2. The molecule has 1 saturated carbocycles. The number of nitrogens with two attached hydrogens (primary N) is 1. The van der Waals surface area contributed by atoms with Crippen molar-refractivity contribution >= 4 is 50.9 Å². The van der Waals surface area contributed by atoms with E-state index in [-0.39, 0.29) is 40.1 Å². The number of nitrogens with zero attached hydrogens (tertiary/aromatic N) is 3. The number of allylic oxidation sites excluding steroid dienone is 2. The number of aryl methyl sites for hydroxylation is 1. The van der Waals surface area contributed by atoms with Gasteiger partial charge >= 0.3 is 12.4 Å². The molecule has 4 atom stereocenters. The Labute approximate surface area is 234 Å². The van der Waals surface area contributed by atoms with Crippen LogP contribution in [-0.4, -0.2) is 62.7 Å². The van der Waals surface area contributed by atoms with Crippen molar-refractivity contribution < 1.29 is 35.9 Å². The van der Waals surface area contributed by atoms with Crippen LogP contribution in [0.2, 0.25) is 0 Å². The molecule has 2 amide bonds. The molecule has 0 spiro atoms. The first-order valence-electron chi connectivity index (χ1n) is 11.8. The Balaban J connectivity index is 2.19. The minimum atomic E-state index is -5.19. The molecule has 0 aliphatic heterocycles. The third kappa shape index (κ3) is 9.65. The molecule has 1 aromatic heterocycles. The third-order valence-electron chi connectivity index (χ3n) is 5.85. The molecule has 2 rings (SSSR count). The normalized spacial score (nSPS) is 21.8. The van der Waals surface area contributed by atoms with Crippen molar-refractivity contribution in [2.45, 2.75) is 62.9 Å². The number of hydrogen-bond acceptors (Lipinski definition) is 7. The molecule has 1 fully saturated rings. The van der Waals surface area contributed by atoms with Gasteiger partial charge in [-0.2, -0.15) is 38.1 Å². The molecule has 1 heterocycles. The smallest absolute Gasteiger partial charge is 0.395 e. The Kier molecular flexibility index (Phi) is 11.6. The number of carbonyl (C=O) groups is 2. The topological polar surface area (TPSA) is 122 Å². The lowest BCUT2D eigenvalue weighted by atomic mass is 9.78. The molecule has 0 aromatic carbocycles. The Bertz CT molecular complexity index is 1100. The number of rotatable bonds is 9. The summed E-state index contributed by atoms with van der Waals surface area (Å²) in [5, 5.41) is 5.63. The van der Waals surface area contributed by atoms with E-state index in [1.54, 1.807) is 11.8 Å². The van der Waals surface area contributed by atoms with Gasteiger partial charge < -0.3 is 16.4 Å². The van der Waals surface area contributed by atoms with Crippen molar-refractivity contribution in [3.63, 3.8) is 0 Å². The van der Waals surface area contributed by atoms with E-state index in [0.29, 0.717) is 12.2 Å². The van der Waals surface area contributed by atoms with Gasteiger partial charge in [0.1, 0.15) is 17.2 Å².